The normalized spacial score (nSPS) is 31.0. The summed E-state index contributed by atoms with van der Waals surface area (Å²) in [7, 11) is 0. The van der Waals surface area contributed by atoms with Gasteiger partial charge in [0.15, 0.2) is 0 Å². The highest BCUT2D eigenvalue weighted by Gasteiger charge is 2.29. The van der Waals surface area contributed by atoms with Crippen LogP contribution in [0, 0.1) is 5.92 Å². The van der Waals surface area contributed by atoms with Crippen molar-refractivity contribution < 1.29 is 9.53 Å². The van der Waals surface area contributed by atoms with Gasteiger partial charge in [0.2, 0.25) is 0 Å². The predicted molar refractivity (Wildman–Crippen MR) is 85.4 cm³/mol. The molecule has 2 rings (SSSR count). The van der Waals surface area contributed by atoms with E-state index in [9.17, 15) is 4.79 Å². The second-order valence-corrected chi connectivity index (χ2v) is 7.90. The minimum atomic E-state index is -0.410. The standard InChI is InChI=1S/C17H32N2O2/c1-13-8-9-14(11-13)18-15-7-5-6-10-19(12-15)16(20)21-17(2,3)4/h13-15,18H,5-12H2,1-4H3. The summed E-state index contributed by atoms with van der Waals surface area (Å²) in [5.41, 5.74) is -0.410. The number of amides is 1. The quantitative estimate of drug-likeness (QED) is 0.847. The van der Waals surface area contributed by atoms with E-state index in [1.54, 1.807) is 0 Å². The first-order valence-electron chi connectivity index (χ1n) is 8.57. The number of nitrogens with one attached hydrogen (secondary N) is 1. The molecular formula is C17H32N2O2. The van der Waals surface area contributed by atoms with Crippen LogP contribution in [0.25, 0.3) is 0 Å². The molecule has 1 saturated carbocycles. The summed E-state index contributed by atoms with van der Waals surface area (Å²) in [6.45, 7) is 9.74. The van der Waals surface area contributed by atoms with Crippen LogP contribution >= 0.6 is 0 Å². The van der Waals surface area contributed by atoms with Crippen LogP contribution in [0.2, 0.25) is 0 Å². The number of nitrogens with zero attached hydrogens (tertiary/aromatic N) is 1. The fraction of sp³-hybridized carbons (Fsp3) is 0.941. The molecule has 1 amide bonds. The second-order valence-electron chi connectivity index (χ2n) is 7.90. The third-order valence-corrected chi connectivity index (χ3v) is 4.49. The van der Waals surface area contributed by atoms with E-state index >= 15 is 0 Å². The van der Waals surface area contributed by atoms with E-state index in [0.717, 1.165) is 25.4 Å². The first-order chi connectivity index (χ1) is 9.83. The van der Waals surface area contributed by atoms with Crippen LogP contribution < -0.4 is 5.32 Å². The molecule has 0 aromatic heterocycles. The Bertz CT molecular complexity index is 351. The minimum absolute atomic E-state index is 0.156. The zero-order valence-electron chi connectivity index (χ0n) is 14.2. The van der Waals surface area contributed by atoms with Gasteiger partial charge in [-0.25, -0.2) is 4.79 Å². The Morgan fingerprint density at radius 3 is 2.52 bits per heavy atom. The molecule has 2 fully saturated rings. The van der Waals surface area contributed by atoms with E-state index in [0.29, 0.717) is 12.1 Å². The Labute approximate surface area is 129 Å². The highest BCUT2D eigenvalue weighted by atomic mass is 16.6. The van der Waals surface area contributed by atoms with Gasteiger partial charge in [-0.1, -0.05) is 13.3 Å². The van der Waals surface area contributed by atoms with Crippen molar-refractivity contribution in [1.29, 1.82) is 0 Å². The Morgan fingerprint density at radius 1 is 1.14 bits per heavy atom. The summed E-state index contributed by atoms with van der Waals surface area (Å²) in [5, 5.41) is 3.79. The van der Waals surface area contributed by atoms with E-state index in [4.69, 9.17) is 4.74 Å². The minimum Gasteiger partial charge on any atom is -0.444 e. The number of hydrogen-bond acceptors (Lipinski definition) is 3. The van der Waals surface area contributed by atoms with Gasteiger partial charge in [0.1, 0.15) is 5.60 Å². The summed E-state index contributed by atoms with van der Waals surface area (Å²) < 4.78 is 5.53. The van der Waals surface area contributed by atoms with Crippen molar-refractivity contribution in [3.05, 3.63) is 0 Å². The predicted octanol–water partition coefficient (Wildman–Crippen LogP) is 3.55. The average molecular weight is 296 g/mol. The second kappa shape index (κ2) is 6.99. The van der Waals surface area contributed by atoms with Crippen molar-refractivity contribution >= 4 is 6.09 Å². The number of likely N-dealkylation sites (tertiary alicyclic amines) is 1. The van der Waals surface area contributed by atoms with E-state index in [2.05, 4.69) is 12.2 Å². The summed E-state index contributed by atoms with van der Waals surface area (Å²) in [4.78, 5) is 14.2. The maximum absolute atomic E-state index is 12.3. The molecule has 3 unspecified atom stereocenters. The van der Waals surface area contributed by atoms with Gasteiger partial charge >= 0.3 is 6.09 Å². The van der Waals surface area contributed by atoms with Crippen LogP contribution in [0.15, 0.2) is 0 Å². The molecule has 122 valence electrons. The zero-order chi connectivity index (χ0) is 15.5. The van der Waals surface area contributed by atoms with Crippen LogP contribution in [0.5, 0.6) is 0 Å². The third kappa shape index (κ3) is 5.50. The summed E-state index contributed by atoms with van der Waals surface area (Å²) in [5.74, 6) is 0.843. The monoisotopic (exact) mass is 296 g/mol. The van der Waals surface area contributed by atoms with Gasteiger partial charge in [-0.2, -0.15) is 0 Å². The smallest absolute Gasteiger partial charge is 0.410 e. The fourth-order valence-corrected chi connectivity index (χ4v) is 3.46. The van der Waals surface area contributed by atoms with Crippen LogP contribution in [-0.2, 0) is 4.74 Å². The van der Waals surface area contributed by atoms with Crippen molar-refractivity contribution in [1.82, 2.24) is 10.2 Å². The molecule has 2 aliphatic rings. The van der Waals surface area contributed by atoms with Crippen molar-refractivity contribution in [3.8, 4) is 0 Å². The molecule has 4 nitrogen and oxygen atoms in total. The highest BCUT2D eigenvalue weighted by molar-refractivity contribution is 5.68. The molecule has 21 heavy (non-hydrogen) atoms. The molecule has 0 aromatic carbocycles. The number of ether oxygens (including phenoxy) is 1. The van der Waals surface area contributed by atoms with Gasteiger partial charge in [0.25, 0.3) is 0 Å². The molecule has 0 spiro atoms. The lowest BCUT2D eigenvalue weighted by atomic mass is 10.1. The van der Waals surface area contributed by atoms with Crippen molar-refractivity contribution in [2.24, 2.45) is 5.92 Å². The van der Waals surface area contributed by atoms with Crippen LogP contribution in [-0.4, -0.2) is 41.8 Å². The molecule has 1 saturated heterocycles. The topological polar surface area (TPSA) is 41.6 Å². The Hall–Kier alpha value is -0.770. The van der Waals surface area contributed by atoms with Crippen LogP contribution in [0.3, 0.4) is 0 Å². The van der Waals surface area contributed by atoms with E-state index in [1.165, 1.54) is 32.1 Å². The van der Waals surface area contributed by atoms with Crippen molar-refractivity contribution in [2.75, 3.05) is 13.1 Å². The first kappa shape index (κ1) is 16.6. The lowest BCUT2D eigenvalue weighted by Crippen LogP contribution is -2.46. The molecule has 3 atom stereocenters. The molecule has 0 aromatic rings. The molecule has 1 aliphatic carbocycles. The van der Waals surface area contributed by atoms with E-state index in [1.807, 2.05) is 25.7 Å². The van der Waals surface area contributed by atoms with Gasteiger partial charge in [-0.05, 0) is 58.8 Å². The third-order valence-electron chi connectivity index (χ3n) is 4.49. The number of carbonyl (C=O) groups excluding carboxylic acids is 1. The van der Waals surface area contributed by atoms with E-state index < -0.39 is 5.60 Å². The molecule has 1 aliphatic heterocycles. The van der Waals surface area contributed by atoms with Gasteiger partial charge in [-0.15, -0.1) is 0 Å². The highest BCUT2D eigenvalue weighted by Crippen LogP contribution is 2.26. The maximum atomic E-state index is 12.3. The summed E-state index contributed by atoms with van der Waals surface area (Å²) in [6, 6.07) is 1.07. The number of rotatable bonds is 2. The Kier molecular flexibility index (Phi) is 5.53. The summed E-state index contributed by atoms with van der Waals surface area (Å²) >= 11 is 0. The molecule has 0 bridgehead atoms. The average Bonchev–Trinajstić information content (AvgIpc) is 2.62. The van der Waals surface area contributed by atoms with Crippen molar-refractivity contribution in [2.45, 2.75) is 83.9 Å². The van der Waals surface area contributed by atoms with Crippen LogP contribution in [0.4, 0.5) is 4.79 Å². The molecular weight excluding hydrogens is 264 g/mol. The Balaban J connectivity index is 1.87. The number of carbonyl (C=O) groups is 1. The van der Waals surface area contributed by atoms with Gasteiger partial charge < -0.3 is 15.0 Å². The van der Waals surface area contributed by atoms with Crippen LogP contribution in [0.1, 0.15) is 66.2 Å². The molecule has 0 radical (unpaired) electrons. The summed E-state index contributed by atoms with van der Waals surface area (Å²) in [6.07, 6.45) is 7.19. The zero-order valence-corrected chi connectivity index (χ0v) is 14.2. The largest absolute Gasteiger partial charge is 0.444 e. The van der Waals surface area contributed by atoms with Gasteiger partial charge in [-0.3, -0.25) is 0 Å². The fourth-order valence-electron chi connectivity index (χ4n) is 3.46. The lowest BCUT2D eigenvalue weighted by molar-refractivity contribution is 0.0241. The molecule has 1 heterocycles. The SMILES string of the molecule is CC1CCC(NC2CCCCN(C(=O)OC(C)(C)C)C2)C1. The number of hydrogen-bond donors (Lipinski definition) is 1. The van der Waals surface area contributed by atoms with Crippen molar-refractivity contribution in [3.63, 3.8) is 0 Å². The maximum Gasteiger partial charge on any atom is 0.410 e. The lowest BCUT2D eigenvalue weighted by Gasteiger charge is -2.29. The van der Waals surface area contributed by atoms with Gasteiger partial charge in [0, 0.05) is 25.2 Å². The van der Waals surface area contributed by atoms with Gasteiger partial charge in [0.05, 0.1) is 0 Å². The molecule has 1 N–H and O–H groups in total. The van der Waals surface area contributed by atoms with E-state index in [-0.39, 0.29) is 6.09 Å². The molecule has 4 heteroatoms. The Morgan fingerprint density at radius 2 is 1.90 bits per heavy atom. The first-order valence-corrected chi connectivity index (χ1v) is 8.57.